The van der Waals surface area contributed by atoms with Gasteiger partial charge < -0.3 is 0 Å². The quantitative estimate of drug-likeness (QED) is 0.479. The Labute approximate surface area is 83.8 Å². The SMILES string of the molecule is [Cr].[Cu].[Mn].[Nb].[SiH4]. The molecular formula is H4CrCuMnNbSi. The first kappa shape index (κ1) is 50.2. The van der Waals surface area contributed by atoms with Gasteiger partial charge in [-0.2, -0.15) is 0 Å². The molecule has 0 atom stereocenters. The largest absolute Gasteiger partial charge is 0.0149 e. The van der Waals surface area contributed by atoms with Crippen molar-refractivity contribution in [1.82, 2.24) is 0 Å². The Kier molecular flexibility index (Phi) is 313. The Balaban J connectivity index is 0. The standard InChI is InChI=1S/Cr.Cu.Mn.Nb.H4Si/h;;;;1H4. The normalized spacial score (nSPS) is 0. The Hall–Kier alpha value is 2.53. The van der Waals surface area contributed by atoms with E-state index in [2.05, 4.69) is 0 Å². The fraction of sp³-hybridized carbons (Fsp3) is 0. The van der Waals surface area contributed by atoms with E-state index < -0.39 is 0 Å². The van der Waals surface area contributed by atoms with Crippen LogP contribution in [0.1, 0.15) is 0 Å². The molecule has 0 amide bonds. The minimum absolute atomic E-state index is 0. The van der Waals surface area contributed by atoms with Gasteiger partial charge in [0.1, 0.15) is 0 Å². The van der Waals surface area contributed by atoms with Crippen molar-refractivity contribution in [3.8, 4) is 0 Å². The van der Waals surface area contributed by atoms with Crippen molar-refractivity contribution < 1.29 is 73.9 Å². The molecule has 0 aliphatic heterocycles. The van der Waals surface area contributed by atoms with Crippen LogP contribution in [0, 0.1) is 0 Å². The van der Waals surface area contributed by atoms with Crippen LogP contribution in [0.3, 0.4) is 0 Å². The molecule has 5 heavy (non-hydrogen) atoms. The predicted molar refractivity (Wildman–Crippen MR) is 11.3 cm³/mol. The van der Waals surface area contributed by atoms with Gasteiger partial charge in [0.05, 0.1) is 0 Å². The van der Waals surface area contributed by atoms with Crippen molar-refractivity contribution in [3.05, 3.63) is 0 Å². The molecule has 0 saturated heterocycles. The fourth-order valence-corrected chi connectivity index (χ4v) is 0. The number of rotatable bonds is 0. The molecule has 0 aliphatic carbocycles. The molecule has 0 fully saturated rings. The summed E-state index contributed by atoms with van der Waals surface area (Å²) in [6, 6.07) is 0. The van der Waals surface area contributed by atoms with E-state index in [1.807, 2.05) is 0 Å². The van der Waals surface area contributed by atoms with Crippen molar-refractivity contribution in [3.63, 3.8) is 0 Å². The summed E-state index contributed by atoms with van der Waals surface area (Å²) in [4.78, 5) is 0. The van der Waals surface area contributed by atoms with E-state index in [1.54, 1.807) is 0 Å². The van der Waals surface area contributed by atoms with Gasteiger partial charge in [0.15, 0.2) is 0 Å². The molecule has 0 N–H and O–H groups in total. The molecule has 37 valence electrons. The molecule has 5 heteroatoms. The minimum atomic E-state index is 0. The molecule has 0 saturated carbocycles. The summed E-state index contributed by atoms with van der Waals surface area (Å²) in [6.07, 6.45) is 0. The zero-order chi connectivity index (χ0) is 0. The van der Waals surface area contributed by atoms with Crippen LogP contribution in [0.15, 0.2) is 0 Å². The summed E-state index contributed by atoms with van der Waals surface area (Å²) >= 11 is 0. The number of hydrogen-bond acceptors (Lipinski definition) is 0. The monoisotopic (exact) mass is 295 g/mol. The maximum absolute atomic E-state index is 0. The molecule has 3 radical (unpaired) electrons. The van der Waals surface area contributed by atoms with Crippen LogP contribution < -0.4 is 0 Å². The Bertz CT molecular complexity index is 11.6. The van der Waals surface area contributed by atoms with Gasteiger partial charge >= 0.3 is 0 Å². The molecule has 0 rings (SSSR count). The maximum Gasteiger partial charge on any atom is 0 e. The molecule has 0 bridgehead atoms. The van der Waals surface area contributed by atoms with E-state index >= 15 is 0 Å². The van der Waals surface area contributed by atoms with Crippen molar-refractivity contribution in [2.75, 3.05) is 0 Å². The van der Waals surface area contributed by atoms with Gasteiger partial charge in [-0.05, 0) is 11.0 Å². The van der Waals surface area contributed by atoms with Crippen molar-refractivity contribution in [2.45, 2.75) is 0 Å². The maximum atomic E-state index is 0. The van der Waals surface area contributed by atoms with E-state index in [0.29, 0.717) is 0 Å². The van der Waals surface area contributed by atoms with E-state index in [1.165, 1.54) is 0 Å². The molecule has 0 aromatic rings. The molecule has 0 aliphatic rings. The van der Waals surface area contributed by atoms with Gasteiger partial charge in [-0.15, -0.1) is 0 Å². The third kappa shape index (κ3) is 20.9. The van der Waals surface area contributed by atoms with E-state index in [9.17, 15) is 0 Å². The first-order valence-corrected chi connectivity index (χ1v) is 0. The van der Waals surface area contributed by atoms with Crippen LogP contribution in [0.5, 0.6) is 0 Å². The molecule has 0 nitrogen and oxygen atoms in total. The predicted octanol–water partition coefficient (Wildman–Crippen LogP) is -1.46. The second kappa shape index (κ2) is 31.2. The smallest absolute Gasteiger partial charge is 0 e. The van der Waals surface area contributed by atoms with Crippen molar-refractivity contribution in [1.29, 1.82) is 0 Å². The Morgan fingerprint density at radius 1 is 1.00 bits per heavy atom. The van der Waals surface area contributed by atoms with Gasteiger partial charge in [-0.25, -0.2) is 0 Å². The van der Waals surface area contributed by atoms with Crippen molar-refractivity contribution in [2.24, 2.45) is 0 Å². The third-order valence-corrected chi connectivity index (χ3v) is 0. The van der Waals surface area contributed by atoms with Gasteiger partial charge in [0.25, 0.3) is 0 Å². The van der Waals surface area contributed by atoms with Crippen LogP contribution in [-0.2, 0) is 73.9 Å². The number of hydrogen-bond donors (Lipinski definition) is 0. The van der Waals surface area contributed by atoms with Crippen LogP contribution in [-0.4, -0.2) is 11.0 Å². The Morgan fingerprint density at radius 2 is 1.00 bits per heavy atom. The second-order valence-corrected chi connectivity index (χ2v) is 0. The average molecular weight is 296 g/mol. The first-order chi connectivity index (χ1) is 0. The zero-order valence-corrected chi connectivity index (χ0v) is 7.13. The fourth-order valence-electron chi connectivity index (χ4n) is 0. The summed E-state index contributed by atoms with van der Waals surface area (Å²) in [5, 5.41) is 0. The van der Waals surface area contributed by atoms with Gasteiger partial charge in [0, 0.05) is 73.9 Å². The topological polar surface area (TPSA) is 0 Å². The third-order valence-electron chi connectivity index (χ3n) is 0. The van der Waals surface area contributed by atoms with E-state index in [0.717, 1.165) is 0 Å². The molecule has 0 aromatic carbocycles. The van der Waals surface area contributed by atoms with Crippen LogP contribution in [0.2, 0.25) is 0 Å². The first-order valence-electron chi connectivity index (χ1n) is 0. The Morgan fingerprint density at radius 3 is 1.00 bits per heavy atom. The molecule has 0 spiro atoms. The summed E-state index contributed by atoms with van der Waals surface area (Å²) in [5.41, 5.74) is 0. The second-order valence-electron chi connectivity index (χ2n) is 0. The summed E-state index contributed by atoms with van der Waals surface area (Å²) in [5.74, 6) is 0. The van der Waals surface area contributed by atoms with Gasteiger partial charge in [-0.3, -0.25) is 0 Å². The zero-order valence-electron chi connectivity index (χ0n) is 1.53. The van der Waals surface area contributed by atoms with Crippen LogP contribution >= 0.6 is 0 Å². The van der Waals surface area contributed by atoms with E-state index in [-0.39, 0.29) is 84.8 Å². The van der Waals surface area contributed by atoms with Crippen LogP contribution in [0.25, 0.3) is 0 Å². The molecule has 0 aromatic heterocycles. The van der Waals surface area contributed by atoms with E-state index in [4.69, 9.17) is 0 Å². The molecule has 0 heterocycles. The summed E-state index contributed by atoms with van der Waals surface area (Å²) < 4.78 is 0. The molecular weight excluding hydrogens is 291 g/mol. The molecule has 0 unspecified atom stereocenters. The van der Waals surface area contributed by atoms with Gasteiger partial charge in [0.2, 0.25) is 0 Å². The summed E-state index contributed by atoms with van der Waals surface area (Å²) in [7, 11) is 0. The van der Waals surface area contributed by atoms with Gasteiger partial charge in [-0.1, -0.05) is 0 Å². The minimum Gasteiger partial charge on any atom is -0.0149 e. The average Bonchev–Trinajstić information content (AvgIpc) is 0. The van der Waals surface area contributed by atoms with Crippen molar-refractivity contribution >= 4 is 11.0 Å². The van der Waals surface area contributed by atoms with Crippen LogP contribution in [0.4, 0.5) is 0 Å². The summed E-state index contributed by atoms with van der Waals surface area (Å²) in [6.45, 7) is 0.